The second-order valence-electron chi connectivity index (χ2n) is 6.65. The number of anilines is 2. The monoisotopic (exact) mass is 421 g/mol. The average Bonchev–Trinajstić information content (AvgIpc) is 2.72. The SMILES string of the molecule is COc1cccc(NC(=O)CSc2nc(C)cc(C)c2C(=O)Nc2ccccc2)c1. The molecule has 0 atom stereocenters. The van der Waals surface area contributed by atoms with Crippen molar-refractivity contribution in [3.63, 3.8) is 0 Å². The number of carbonyl (C=O) groups excluding carboxylic acids is 2. The van der Waals surface area contributed by atoms with Crippen LogP contribution in [-0.2, 0) is 4.79 Å². The van der Waals surface area contributed by atoms with Gasteiger partial charge in [-0.2, -0.15) is 0 Å². The van der Waals surface area contributed by atoms with Gasteiger partial charge in [-0.05, 0) is 49.7 Å². The molecule has 30 heavy (non-hydrogen) atoms. The van der Waals surface area contributed by atoms with E-state index in [2.05, 4.69) is 15.6 Å². The molecule has 2 amide bonds. The number of aromatic nitrogens is 1. The Morgan fingerprint density at radius 2 is 1.70 bits per heavy atom. The molecule has 0 spiro atoms. The number of aryl methyl sites for hydroxylation is 2. The van der Waals surface area contributed by atoms with Gasteiger partial charge in [-0.1, -0.05) is 36.0 Å². The summed E-state index contributed by atoms with van der Waals surface area (Å²) in [6.45, 7) is 3.74. The highest BCUT2D eigenvalue weighted by Crippen LogP contribution is 2.26. The van der Waals surface area contributed by atoms with Gasteiger partial charge in [0.25, 0.3) is 5.91 Å². The molecule has 2 N–H and O–H groups in total. The Labute approximate surface area is 180 Å². The van der Waals surface area contributed by atoms with Gasteiger partial charge in [-0.3, -0.25) is 9.59 Å². The van der Waals surface area contributed by atoms with E-state index in [9.17, 15) is 9.59 Å². The van der Waals surface area contributed by atoms with Gasteiger partial charge in [0.2, 0.25) is 5.91 Å². The van der Waals surface area contributed by atoms with E-state index < -0.39 is 0 Å². The number of nitrogens with zero attached hydrogens (tertiary/aromatic N) is 1. The van der Waals surface area contributed by atoms with Crippen LogP contribution < -0.4 is 15.4 Å². The molecule has 0 aliphatic rings. The van der Waals surface area contributed by atoms with E-state index in [0.29, 0.717) is 27.7 Å². The highest BCUT2D eigenvalue weighted by molar-refractivity contribution is 8.00. The van der Waals surface area contributed by atoms with Gasteiger partial charge >= 0.3 is 0 Å². The topological polar surface area (TPSA) is 80.3 Å². The van der Waals surface area contributed by atoms with Crippen LogP contribution in [0.4, 0.5) is 11.4 Å². The van der Waals surface area contributed by atoms with E-state index in [-0.39, 0.29) is 17.6 Å². The Bertz CT molecular complexity index is 1050. The summed E-state index contributed by atoms with van der Waals surface area (Å²) >= 11 is 1.24. The van der Waals surface area contributed by atoms with Crippen LogP contribution in [0.3, 0.4) is 0 Å². The molecule has 1 aromatic heterocycles. The maximum absolute atomic E-state index is 12.9. The van der Waals surface area contributed by atoms with Gasteiger partial charge in [-0.15, -0.1) is 0 Å². The van der Waals surface area contributed by atoms with Crippen LogP contribution in [-0.4, -0.2) is 29.7 Å². The number of para-hydroxylation sites is 1. The first-order valence-electron chi connectivity index (χ1n) is 9.37. The second-order valence-corrected chi connectivity index (χ2v) is 7.61. The summed E-state index contributed by atoms with van der Waals surface area (Å²) in [5.41, 5.74) is 3.43. The molecule has 0 bridgehead atoms. The summed E-state index contributed by atoms with van der Waals surface area (Å²) in [5.74, 6) is 0.348. The number of pyridine rings is 1. The lowest BCUT2D eigenvalue weighted by Gasteiger charge is -2.13. The first-order valence-corrected chi connectivity index (χ1v) is 10.4. The lowest BCUT2D eigenvalue weighted by atomic mass is 10.1. The van der Waals surface area contributed by atoms with E-state index in [1.165, 1.54) is 11.8 Å². The van der Waals surface area contributed by atoms with Crippen LogP contribution in [0, 0.1) is 13.8 Å². The van der Waals surface area contributed by atoms with Crippen LogP contribution in [0.5, 0.6) is 5.75 Å². The van der Waals surface area contributed by atoms with E-state index >= 15 is 0 Å². The van der Waals surface area contributed by atoms with Crippen molar-refractivity contribution in [3.8, 4) is 5.75 Å². The van der Waals surface area contributed by atoms with Gasteiger partial charge in [-0.25, -0.2) is 4.98 Å². The molecule has 0 saturated heterocycles. The summed E-state index contributed by atoms with van der Waals surface area (Å²) in [7, 11) is 1.57. The van der Waals surface area contributed by atoms with E-state index in [0.717, 1.165) is 11.3 Å². The number of hydrogen-bond donors (Lipinski definition) is 2. The molecular weight excluding hydrogens is 398 g/mol. The number of amides is 2. The smallest absolute Gasteiger partial charge is 0.258 e. The highest BCUT2D eigenvalue weighted by atomic mass is 32.2. The normalized spacial score (nSPS) is 10.4. The van der Waals surface area contributed by atoms with Gasteiger partial charge in [0.15, 0.2) is 0 Å². The number of benzene rings is 2. The molecule has 0 unspecified atom stereocenters. The van der Waals surface area contributed by atoms with Crippen molar-refractivity contribution >= 4 is 35.0 Å². The standard InChI is InChI=1S/C23H23N3O3S/c1-15-12-16(2)24-23(21(15)22(28)26-17-8-5-4-6-9-17)30-14-20(27)25-18-10-7-11-19(13-18)29-3/h4-13H,14H2,1-3H3,(H,25,27)(H,26,28). The average molecular weight is 422 g/mol. The van der Waals surface area contributed by atoms with Crippen LogP contribution in [0.15, 0.2) is 65.7 Å². The summed E-state index contributed by atoms with van der Waals surface area (Å²) in [6.07, 6.45) is 0. The Morgan fingerprint density at radius 1 is 0.967 bits per heavy atom. The Morgan fingerprint density at radius 3 is 2.43 bits per heavy atom. The summed E-state index contributed by atoms with van der Waals surface area (Å²) in [5, 5.41) is 6.26. The number of hydrogen-bond acceptors (Lipinski definition) is 5. The number of ether oxygens (including phenoxy) is 1. The Kier molecular flexibility index (Phi) is 7.08. The number of thioether (sulfide) groups is 1. The fourth-order valence-electron chi connectivity index (χ4n) is 2.93. The largest absolute Gasteiger partial charge is 0.497 e. The second kappa shape index (κ2) is 9.93. The quantitative estimate of drug-likeness (QED) is 0.541. The first-order chi connectivity index (χ1) is 14.5. The molecule has 0 radical (unpaired) electrons. The predicted octanol–water partition coefficient (Wildman–Crippen LogP) is 4.69. The third kappa shape index (κ3) is 5.61. The van der Waals surface area contributed by atoms with Gasteiger partial charge in [0, 0.05) is 23.1 Å². The summed E-state index contributed by atoms with van der Waals surface area (Å²) in [6, 6.07) is 18.3. The van der Waals surface area contributed by atoms with Crippen molar-refractivity contribution in [3.05, 3.63) is 77.5 Å². The van der Waals surface area contributed by atoms with Crippen LogP contribution in [0.25, 0.3) is 0 Å². The maximum atomic E-state index is 12.9. The molecule has 0 saturated carbocycles. The van der Waals surface area contributed by atoms with Crippen molar-refractivity contribution in [1.29, 1.82) is 0 Å². The number of nitrogens with one attached hydrogen (secondary N) is 2. The van der Waals surface area contributed by atoms with Crippen molar-refractivity contribution in [2.45, 2.75) is 18.9 Å². The van der Waals surface area contributed by atoms with Crippen LogP contribution in [0.2, 0.25) is 0 Å². The zero-order valence-corrected chi connectivity index (χ0v) is 17.9. The van der Waals surface area contributed by atoms with Gasteiger partial charge in [0.05, 0.1) is 18.4 Å². The van der Waals surface area contributed by atoms with Crippen molar-refractivity contribution in [2.75, 3.05) is 23.5 Å². The maximum Gasteiger partial charge on any atom is 0.258 e. The highest BCUT2D eigenvalue weighted by Gasteiger charge is 2.18. The molecule has 1 heterocycles. The summed E-state index contributed by atoms with van der Waals surface area (Å²) < 4.78 is 5.17. The third-order valence-corrected chi connectivity index (χ3v) is 5.24. The molecule has 2 aromatic carbocycles. The van der Waals surface area contributed by atoms with Crippen LogP contribution >= 0.6 is 11.8 Å². The van der Waals surface area contributed by atoms with Gasteiger partial charge < -0.3 is 15.4 Å². The zero-order valence-electron chi connectivity index (χ0n) is 17.1. The minimum atomic E-state index is -0.248. The minimum Gasteiger partial charge on any atom is -0.497 e. The lowest BCUT2D eigenvalue weighted by molar-refractivity contribution is -0.113. The molecule has 154 valence electrons. The van der Waals surface area contributed by atoms with E-state index in [1.54, 1.807) is 25.3 Å². The van der Waals surface area contributed by atoms with Gasteiger partial charge in [0.1, 0.15) is 10.8 Å². The number of carbonyl (C=O) groups is 2. The Hall–Kier alpha value is -3.32. The zero-order chi connectivity index (χ0) is 21.5. The van der Waals surface area contributed by atoms with Crippen molar-refractivity contribution in [2.24, 2.45) is 0 Å². The van der Waals surface area contributed by atoms with Crippen LogP contribution in [0.1, 0.15) is 21.6 Å². The number of rotatable bonds is 7. The Balaban J connectivity index is 1.73. The number of methoxy groups -OCH3 is 1. The molecule has 7 heteroatoms. The molecule has 0 fully saturated rings. The van der Waals surface area contributed by atoms with E-state index in [4.69, 9.17) is 4.74 Å². The molecule has 0 aliphatic heterocycles. The molecule has 6 nitrogen and oxygen atoms in total. The first kappa shape index (κ1) is 21.4. The van der Waals surface area contributed by atoms with E-state index in [1.807, 2.05) is 56.3 Å². The molecule has 0 aliphatic carbocycles. The third-order valence-electron chi connectivity index (χ3n) is 4.26. The minimum absolute atomic E-state index is 0.124. The predicted molar refractivity (Wildman–Crippen MR) is 120 cm³/mol. The van der Waals surface area contributed by atoms with Crippen molar-refractivity contribution < 1.29 is 14.3 Å². The van der Waals surface area contributed by atoms with Crippen molar-refractivity contribution in [1.82, 2.24) is 4.98 Å². The summed E-state index contributed by atoms with van der Waals surface area (Å²) in [4.78, 5) is 29.8. The molecular formula is C23H23N3O3S. The fraction of sp³-hybridized carbons (Fsp3) is 0.174. The lowest BCUT2D eigenvalue weighted by Crippen LogP contribution is -2.18. The fourth-order valence-corrected chi connectivity index (χ4v) is 3.88. The molecule has 3 aromatic rings. The molecule has 3 rings (SSSR count).